The van der Waals surface area contributed by atoms with E-state index in [9.17, 15) is 0 Å². The van der Waals surface area contributed by atoms with Gasteiger partial charge in [0, 0.05) is 16.5 Å². The molecule has 0 amide bonds. The molecular formula is C25H19N. The van der Waals surface area contributed by atoms with Crippen molar-refractivity contribution in [3.8, 4) is 16.8 Å². The Morgan fingerprint density at radius 2 is 1.31 bits per heavy atom. The lowest BCUT2D eigenvalue weighted by Gasteiger charge is -2.09. The molecule has 0 aliphatic rings. The first kappa shape index (κ1) is 15.0. The predicted octanol–water partition coefficient (Wildman–Crippen LogP) is 6.76. The zero-order valence-electron chi connectivity index (χ0n) is 14.7. The molecule has 0 fully saturated rings. The van der Waals surface area contributed by atoms with Crippen molar-refractivity contribution in [2.75, 3.05) is 0 Å². The van der Waals surface area contributed by atoms with Crippen molar-refractivity contribution in [2.24, 2.45) is 0 Å². The summed E-state index contributed by atoms with van der Waals surface area (Å²) in [4.78, 5) is 0. The Morgan fingerprint density at radius 1 is 0.577 bits per heavy atom. The molecule has 26 heavy (non-hydrogen) atoms. The van der Waals surface area contributed by atoms with Crippen LogP contribution in [0.1, 0.15) is 5.56 Å². The van der Waals surface area contributed by atoms with Gasteiger partial charge in [0.25, 0.3) is 0 Å². The van der Waals surface area contributed by atoms with Gasteiger partial charge in [0.05, 0.1) is 11.0 Å². The summed E-state index contributed by atoms with van der Waals surface area (Å²) in [5.74, 6) is 0. The lowest BCUT2D eigenvalue weighted by molar-refractivity contribution is 1.17. The molecule has 1 aromatic heterocycles. The smallest absolute Gasteiger partial charge is 0.0570 e. The first-order chi connectivity index (χ1) is 12.8. The van der Waals surface area contributed by atoms with Crippen LogP contribution in [-0.4, -0.2) is 4.57 Å². The van der Waals surface area contributed by atoms with Gasteiger partial charge in [-0.15, -0.1) is 0 Å². The number of benzene rings is 4. The van der Waals surface area contributed by atoms with Gasteiger partial charge >= 0.3 is 0 Å². The number of hydrogen-bond acceptors (Lipinski definition) is 0. The Bertz CT molecular complexity index is 1210. The van der Waals surface area contributed by atoms with Gasteiger partial charge in [-0.05, 0) is 47.9 Å². The lowest BCUT2D eigenvalue weighted by atomic mass is 10.0. The van der Waals surface area contributed by atoms with Crippen LogP contribution in [0.15, 0.2) is 97.1 Å². The quantitative estimate of drug-likeness (QED) is 0.336. The second kappa shape index (κ2) is 5.89. The zero-order valence-corrected chi connectivity index (χ0v) is 14.7. The van der Waals surface area contributed by atoms with Crippen molar-refractivity contribution in [2.45, 2.75) is 6.92 Å². The summed E-state index contributed by atoms with van der Waals surface area (Å²) >= 11 is 0. The van der Waals surface area contributed by atoms with Gasteiger partial charge in [0.2, 0.25) is 0 Å². The fourth-order valence-corrected chi connectivity index (χ4v) is 3.90. The second-order valence-corrected chi connectivity index (χ2v) is 6.74. The third-order valence-electron chi connectivity index (χ3n) is 5.11. The van der Waals surface area contributed by atoms with Gasteiger partial charge in [-0.3, -0.25) is 0 Å². The fraction of sp³-hybridized carbons (Fsp3) is 0.0400. The molecule has 0 saturated carbocycles. The van der Waals surface area contributed by atoms with E-state index in [0.717, 1.165) is 0 Å². The minimum Gasteiger partial charge on any atom is -0.309 e. The fourth-order valence-electron chi connectivity index (χ4n) is 3.90. The second-order valence-electron chi connectivity index (χ2n) is 6.74. The molecule has 0 aliphatic carbocycles. The van der Waals surface area contributed by atoms with Crippen LogP contribution < -0.4 is 0 Å². The number of rotatable bonds is 2. The third-order valence-corrected chi connectivity index (χ3v) is 5.11. The average Bonchev–Trinajstić information content (AvgIpc) is 3.04. The molecule has 4 aromatic carbocycles. The molecule has 1 heterocycles. The third kappa shape index (κ3) is 2.25. The number of para-hydroxylation sites is 2. The van der Waals surface area contributed by atoms with Gasteiger partial charge < -0.3 is 4.57 Å². The zero-order chi connectivity index (χ0) is 17.5. The first-order valence-corrected chi connectivity index (χ1v) is 8.97. The van der Waals surface area contributed by atoms with Crippen LogP contribution in [0.5, 0.6) is 0 Å². The average molecular weight is 333 g/mol. The van der Waals surface area contributed by atoms with Crippen molar-refractivity contribution in [1.29, 1.82) is 0 Å². The van der Waals surface area contributed by atoms with E-state index in [0.29, 0.717) is 0 Å². The Balaban J connectivity index is 1.89. The molecule has 0 atom stereocenters. The van der Waals surface area contributed by atoms with Crippen LogP contribution >= 0.6 is 0 Å². The van der Waals surface area contributed by atoms with Crippen molar-refractivity contribution in [1.82, 2.24) is 4.57 Å². The maximum atomic E-state index is 2.38. The molecule has 0 N–H and O–H groups in total. The van der Waals surface area contributed by atoms with Gasteiger partial charge in [0.15, 0.2) is 0 Å². The minimum absolute atomic E-state index is 1.20. The lowest BCUT2D eigenvalue weighted by Crippen LogP contribution is -1.94. The molecule has 5 rings (SSSR count). The number of hydrogen-bond donors (Lipinski definition) is 0. The van der Waals surface area contributed by atoms with Crippen molar-refractivity contribution < 1.29 is 0 Å². The predicted molar refractivity (Wildman–Crippen MR) is 111 cm³/mol. The molecule has 0 saturated heterocycles. The highest BCUT2D eigenvalue weighted by Crippen LogP contribution is 2.36. The summed E-state index contributed by atoms with van der Waals surface area (Å²) < 4.78 is 2.38. The molecule has 1 nitrogen and oxygen atoms in total. The molecule has 124 valence electrons. The van der Waals surface area contributed by atoms with E-state index in [-0.39, 0.29) is 0 Å². The Morgan fingerprint density at radius 3 is 2.08 bits per heavy atom. The van der Waals surface area contributed by atoms with E-state index in [1.165, 1.54) is 44.2 Å². The Labute approximate surface area is 153 Å². The van der Waals surface area contributed by atoms with Crippen molar-refractivity contribution >= 4 is 21.8 Å². The van der Waals surface area contributed by atoms with E-state index < -0.39 is 0 Å². The molecule has 1 heteroatoms. The topological polar surface area (TPSA) is 4.93 Å². The van der Waals surface area contributed by atoms with Gasteiger partial charge in [-0.1, -0.05) is 72.8 Å². The van der Waals surface area contributed by atoms with Crippen molar-refractivity contribution in [3.63, 3.8) is 0 Å². The summed E-state index contributed by atoms with van der Waals surface area (Å²) in [6.45, 7) is 2.19. The molecule has 0 bridgehead atoms. The first-order valence-electron chi connectivity index (χ1n) is 8.97. The SMILES string of the molecule is Cc1cccc2c3cc(-c4ccccc4)ccc3n(-c3ccccc3)c12. The molecule has 0 spiro atoms. The number of aryl methyl sites for hydroxylation is 1. The van der Waals surface area contributed by atoms with E-state index in [1.807, 2.05) is 0 Å². The minimum atomic E-state index is 1.20. The summed E-state index contributed by atoms with van der Waals surface area (Å²) in [5.41, 5.74) is 7.55. The van der Waals surface area contributed by atoms with Crippen LogP contribution in [0.4, 0.5) is 0 Å². The van der Waals surface area contributed by atoms with Crippen LogP contribution in [0.2, 0.25) is 0 Å². The summed E-state index contributed by atoms with van der Waals surface area (Å²) in [5, 5.41) is 2.61. The highest BCUT2D eigenvalue weighted by molar-refractivity contribution is 6.11. The highest BCUT2D eigenvalue weighted by atomic mass is 15.0. The Kier molecular flexibility index (Phi) is 3.39. The van der Waals surface area contributed by atoms with E-state index in [2.05, 4.69) is 109 Å². The number of fused-ring (bicyclic) bond motifs is 3. The molecule has 5 aromatic rings. The largest absolute Gasteiger partial charge is 0.309 e. The van der Waals surface area contributed by atoms with Gasteiger partial charge in [-0.2, -0.15) is 0 Å². The maximum Gasteiger partial charge on any atom is 0.0570 e. The van der Waals surface area contributed by atoms with E-state index in [1.54, 1.807) is 0 Å². The van der Waals surface area contributed by atoms with Crippen molar-refractivity contribution in [3.05, 3.63) is 103 Å². The molecule has 0 unspecified atom stereocenters. The highest BCUT2D eigenvalue weighted by Gasteiger charge is 2.14. The summed E-state index contributed by atoms with van der Waals surface area (Å²) in [6, 6.07) is 34.6. The number of nitrogens with zero attached hydrogens (tertiary/aromatic N) is 1. The van der Waals surface area contributed by atoms with Crippen LogP contribution in [0, 0.1) is 6.92 Å². The summed E-state index contributed by atoms with van der Waals surface area (Å²) in [7, 11) is 0. The maximum absolute atomic E-state index is 2.38. The standard InChI is InChI=1S/C25H19N/c1-18-9-8-14-22-23-17-20(19-10-4-2-5-11-19)15-16-24(23)26(25(18)22)21-12-6-3-7-13-21/h2-17H,1H3. The van der Waals surface area contributed by atoms with Gasteiger partial charge in [-0.25, -0.2) is 0 Å². The van der Waals surface area contributed by atoms with E-state index >= 15 is 0 Å². The number of aromatic nitrogens is 1. The summed E-state index contributed by atoms with van der Waals surface area (Å²) in [6.07, 6.45) is 0. The van der Waals surface area contributed by atoms with E-state index in [4.69, 9.17) is 0 Å². The van der Waals surface area contributed by atoms with Crippen LogP contribution in [0.3, 0.4) is 0 Å². The Hall–Kier alpha value is -3.32. The van der Waals surface area contributed by atoms with Crippen LogP contribution in [0.25, 0.3) is 38.6 Å². The molecule has 0 aliphatic heterocycles. The monoisotopic (exact) mass is 333 g/mol. The normalized spacial score (nSPS) is 11.3. The van der Waals surface area contributed by atoms with Gasteiger partial charge in [0.1, 0.15) is 0 Å². The van der Waals surface area contributed by atoms with Crippen LogP contribution in [-0.2, 0) is 0 Å². The molecular weight excluding hydrogens is 314 g/mol. The molecule has 0 radical (unpaired) electrons.